The molecule has 6 heteroatoms. The summed E-state index contributed by atoms with van der Waals surface area (Å²) >= 11 is 5.19. The second kappa shape index (κ2) is 6.97. The first kappa shape index (κ1) is 16.4. The Morgan fingerprint density at radius 1 is 1.04 bits per heavy atom. The van der Waals surface area contributed by atoms with Crippen LogP contribution in [0, 0.1) is 4.64 Å². The lowest BCUT2D eigenvalue weighted by Crippen LogP contribution is -2.48. The molecule has 1 amide bonds. The number of aromatic nitrogens is 1. The third-order valence-corrected chi connectivity index (χ3v) is 4.59. The van der Waals surface area contributed by atoms with Gasteiger partial charge in [0.2, 0.25) is 0 Å². The van der Waals surface area contributed by atoms with Gasteiger partial charge in [0.1, 0.15) is 4.64 Å². The minimum absolute atomic E-state index is 0.0246. The van der Waals surface area contributed by atoms with Crippen molar-refractivity contribution in [1.82, 2.24) is 9.88 Å². The van der Waals surface area contributed by atoms with E-state index in [1.807, 2.05) is 29.2 Å². The molecule has 0 bridgehead atoms. The highest BCUT2D eigenvalue weighted by Gasteiger charge is 2.23. The average Bonchev–Trinajstić information content (AvgIpc) is 2.62. The Labute approximate surface area is 145 Å². The Balaban J connectivity index is 1.65. The number of hydrogen-bond donors (Lipinski definition) is 1. The predicted octanol–water partition coefficient (Wildman–Crippen LogP) is 2.91. The molecule has 124 valence electrons. The van der Waals surface area contributed by atoms with Gasteiger partial charge in [0.15, 0.2) is 5.78 Å². The van der Waals surface area contributed by atoms with Gasteiger partial charge in [-0.15, -0.1) is 0 Å². The van der Waals surface area contributed by atoms with Gasteiger partial charge in [-0.2, -0.15) is 0 Å². The molecule has 1 aromatic heterocycles. The van der Waals surface area contributed by atoms with E-state index in [9.17, 15) is 9.59 Å². The molecule has 0 atom stereocenters. The second-order valence-electron chi connectivity index (χ2n) is 5.80. The number of carbonyl (C=O) groups excluding carboxylic acids is 2. The standard InChI is InChI=1S/C18H19N3O2S/c1-13(22)14-4-6-15(7-5-14)20-9-11-21(12-10-20)18(23)16-3-2-8-19-17(16)24/h2-8H,9-12H2,1H3,(H,19,24). The van der Waals surface area contributed by atoms with E-state index in [-0.39, 0.29) is 11.7 Å². The lowest BCUT2D eigenvalue weighted by Gasteiger charge is -2.36. The van der Waals surface area contributed by atoms with Gasteiger partial charge in [-0.25, -0.2) is 0 Å². The van der Waals surface area contributed by atoms with Gasteiger partial charge < -0.3 is 14.8 Å². The first-order valence-corrected chi connectivity index (χ1v) is 8.30. The fraction of sp³-hybridized carbons (Fsp3) is 0.278. The van der Waals surface area contributed by atoms with Crippen LogP contribution in [0.5, 0.6) is 0 Å². The predicted molar refractivity (Wildman–Crippen MR) is 96.2 cm³/mol. The molecular formula is C18H19N3O2S. The topological polar surface area (TPSA) is 56.4 Å². The number of ketones is 1. The number of nitrogens with one attached hydrogen (secondary N) is 1. The summed E-state index contributed by atoms with van der Waals surface area (Å²) in [6, 6.07) is 11.2. The number of hydrogen-bond acceptors (Lipinski definition) is 4. The number of Topliss-reactive ketones (excluding diaryl/α,β-unsaturated/α-hetero) is 1. The van der Waals surface area contributed by atoms with E-state index in [0.29, 0.717) is 28.9 Å². The van der Waals surface area contributed by atoms with Gasteiger partial charge in [0.25, 0.3) is 5.91 Å². The fourth-order valence-electron chi connectivity index (χ4n) is 2.84. The normalized spacial score (nSPS) is 14.5. The molecule has 1 N–H and O–H groups in total. The zero-order chi connectivity index (χ0) is 17.1. The summed E-state index contributed by atoms with van der Waals surface area (Å²) in [7, 11) is 0. The Hall–Kier alpha value is -2.47. The van der Waals surface area contributed by atoms with Crippen LogP contribution >= 0.6 is 12.2 Å². The van der Waals surface area contributed by atoms with Crippen molar-refractivity contribution in [3.63, 3.8) is 0 Å². The summed E-state index contributed by atoms with van der Waals surface area (Å²) in [5.41, 5.74) is 2.33. The maximum atomic E-state index is 12.6. The zero-order valence-electron chi connectivity index (χ0n) is 13.5. The molecule has 0 radical (unpaired) electrons. The Morgan fingerprint density at radius 2 is 1.71 bits per heavy atom. The van der Waals surface area contributed by atoms with E-state index in [1.54, 1.807) is 25.3 Å². The van der Waals surface area contributed by atoms with E-state index >= 15 is 0 Å². The molecule has 1 aliphatic heterocycles. The molecule has 1 fully saturated rings. The molecule has 0 unspecified atom stereocenters. The smallest absolute Gasteiger partial charge is 0.256 e. The summed E-state index contributed by atoms with van der Waals surface area (Å²) in [6.45, 7) is 4.38. The molecule has 1 aromatic carbocycles. The van der Waals surface area contributed by atoms with Crippen LogP contribution in [0.3, 0.4) is 0 Å². The van der Waals surface area contributed by atoms with Crippen LogP contribution < -0.4 is 4.90 Å². The van der Waals surface area contributed by atoms with Gasteiger partial charge in [-0.3, -0.25) is 9.59 Å². The lowest BCUT2D eigenvalue weighted by molar-refractivity contribution is 0.0745. The Morgan fingerprint density at radius 3 is 2.29 bits per heavy atom. The minimum atomic E-state index is -0.0246. The van der Waals surface area contributed by atoms with Gasteiger partial charge >= 0.3 is 0 Å². The molecule has 0 saturated carbocycles. The van der Waals surface area contributed by atoms with Crippen molar-refractivity contribution in [2.75, 3.05) is 31.1 Å². The van der Waals surface area contributed by atoms with Crippen molar-refractivity contribution in [3.05, 3.63) is 58.4 Å². The summed E-state index contributed by atoms with van der Waals surface area (Å²) in [5.74, 6) is 0.0415. The van der Waals surface area contributed by atoms with Crippen LogP contribution in [0.2, 0.25) is 0 Å². The molecule has 3 rings (SSSR count). The molecule has 24 heavy (non-hydrogen) atoms. The highest BCUT2D eigenvalue weighted by atomic mass is 32.1. The SMILES string of the molecule is CC(=O)c1ccc(N2CCN(C(=O)c3ccc[nH]c3=S)CC2)cc1. The summed E-state index contributed by atoms with van der Waals surface area (Å²) in [5, 5.41) is 0. The third kappa shape index (κ3) is 3.38. The highest BCUT2D eigenvalue weighted by Crippen LogP contribution is 2.18. The number of H-pyrrole nitrogens is 1. The average molecular weight is 341 g/mol. The largest absolute Gasteiger partial charge is 0.368 e. The van der Waals surface area contributed by atoms with Gasteiger partial charge in [-0.05, 0) is 43.3 Å². The highest BCUT2D eigenvalue weighted by molar-refractivity contribution is 7.71. The van der Waals surface area contributed by atoms with Gasteiger partial charge in [-0.1, -0.05) is 12.2 Å². The van der Waals surface area contributed by atoms with Crippen LogP contribution in [0.25, 0.3) is 0 Å². The molecular weight excluding hydrogens is 322 g/mol. The van der Waals surface area contributed by atoms with Crippen LogP contribution in [-0.2, 0) is 0 Å². The number of pyridine rings is 1. The van der Waals surface area contributed by atoms with Crippen LogP contribution in [0.15, 0.2) is 42.6 Å². The maximum absolute atomic E-state index is 12.6. The van der Waals surface area contributed by atoms with Crippen molar-refractivity contribution >= 4 is 29.6 Å². The summed E-state index contributed by atoms with van der Waals surface area (Å²) in [4.78, 5) is 30.9. The van der Waals surface area contributed by atoms with Crippen LogP contribution in [0.4, 0.5) is 5.69 Å². The van der Waals surface area contributed by atoms with E-state index in [0.717, 1.165) is 18.8 Å². The van der Waals surface area contributed by atoms with Crippen molar-refractivity contribution in [3.8, 4) is 0 Å². The van der Waals surface area contributed by atoms with Gasteiger partial charge in [0.05, 0.1) is 5.56 Å². The summed E-state index contributed by atoms with van der Waals surface area (Å²) in [6.07, 6.45) is 1.72. The quantitative estimate of drug-likeness (QED) is 0.689. The number of rotatable bonds is 3. The number of nitrogens with zero attached hydrogens (tertiary/aromatic N) is 2. The van der Waals surface area contributed by atoms with Crippen LogP contribution in [-0.4, -0.2) is 47.8 Å². The van der Waals surface area contributed by atoms with Crippen molar-refractivity contribution in [2.45, 2.75) is 6.92 Å². The molecule has 1 aliphatic rings. The van der Waals surface area contributed by atoms with E-state index in [4.69, 9.17) is 12.2 Å². The maximum Gasteiger partial charge on any atom is 0.256 e. The number of anilines is 1. The molecule has 0 spiro atoms. The molecule has 2 aromatic rings. The number of aromatic amines is 1. The van der Waals surface area contributed by atoms with Crippen molar-refractivity contribution in [2.24, 2.45) is 0 Å². The first-order chi connectivity index (χ1) is 11.6. The molecule has 5 nitrogen and oxygen atoms in total. The van der Waals surface area contributed by atoms with E-state index in [2.05, 4.69) is 9.88 Å². The molecule has 0 aliphatic carbocycles. The fourth-order valence-corrected chi connectivity index (χ4v) is 3.06. The monoisotopic (exact) mass is 341 g/mol. The lowest BCUT2D eigenvalue weighted by atomic mass is 10.1. The van der Waals surface area contributed by atoms with E-state index in [1.165, 1.54) is 0 Å². The van der Waals surface area contributed by atoms with E-state index < -0.39 is 0 Å². The third-order valence-electron chi connectivity index (χ3n) is 4.25. The second-order valence-corrected chi connectivity index (χ2v) is 6.20. The Kier molecular flexibility index (Phi) is 4.76. The zero-order valence-corrected chi connectivity index (χ0v) is 14.3. The molecule has 2 heterocycles. The number of benzene rings is 1. The van der Waals surface area contributed by atoms with Crippen LogP contribution in [0.1, 0.15) is 27.6 Å². The minimum Gasteiger partial charge on any atom is -0.368 e. The van der Waals surface area contributed by atoms with Crippen molar-refractivity contribution < 1.29 is 9.59 Å². The summed E-state index contributed by atoms with van der Waals surface area (Å²) < 4.78 is 0.477. The number of amides is 1. The molecule has 1 saturated heterocycles. The Bertz CT molecular complexity index is 806. The first-order valence-electron chi connectivity index (χ1n) is 7.89. The number of carbonyl (C=O) groups is 2. The van der Waals surface area contributed by atoms with Crippen molar-refractivity contribution in [1.29, 1.82) is 0 Å². The number of piperazine rings is 1. The van der Waals surface area contributed by atoms with Gasteiger partial charge in [0, 0.05) is 43.6 Å².